The summed E-state index contributed by atoms with van der Waals surface area (Å²) in [4.78, 5) is 25.1. The molecule has 1 aliphatic rings. The van der Waals surface area contributed by atoms with Crippen molar-refractivity contribution in [2.45, 2.75) is 12.5 Å². The van der Waals surface area contributed by atoms with E-state index in [1.807, 2.05) is 0 Å². The maximum Gasteiger partial charge on any atom is 0.330 e. The Morgan fingerprint density at radius 3 is 2.65 bits per heavy atom. The highest BCUT2D eigenvalue weighted by molar-refractivity contribution is 5.83. The van der Waals surface area contributed by atoms with E-state index >= 15 is 0 Å². The van der Waals surface area contributed by atoms with Crippen molar-refractivity contribution in [2.24, 2.45) is 0 Å². The molecule has 0 radical (unpaired) electrons. The standard InChI is InChI=1S/C14H18N2O4/c17-13(18)12(11-5-2-1-3-6-11)15-14(19)16-7-4-9-20-10-8-16/h1-3,5-6,12H,4,7-10H2,(H,15,19)(H,17,18)/t12-/m0/s1. The molecule has 1 atom stereocenters. The van der Waals surface area contributed by atoms with Gasteiger partial charge >= 0.3 is 12.0 Å². The van der Waals surface area contributed by atoms with Gasteiger partial charge in [-0.15, -0.1) is 0 Å². The Morgan fingerprint density at radius 2 is 1.95 bits per heavy atom. The van der Waals surface area contributed by atoms with Crippen molar-refractivity contribution in [1.82, 2.24) is 10.2 Å². The summed E-state index contributed by atoms with van der Waals surface area (Å²) in [5.74, 6) is -1.07. The lowest BCUT2D eigenvalue weighted by Crippen LogP contribution is -2.44. The zero-order valence-corrected chi connectivity index (χ0v) is 11.1. The van der Waals surface area contributed by atoms with Crippen LogP contribution >= 0.6 is 0 Å². The lowest BCUT2D eigenvalue weighted by atomic mass is 10.1. The molecule has 2 N–H and O–H groups in total. The number of nitrogens with zero attached hydrogens (tertiary/aromatic N) is 1. The minimum atomic E-state index is -1.07. The molecular weight excluding hydrogens is 260 g/mol. The van der Waals surface area contributed by atoms with Gasteiger partial charge in [-0.3, -0.25) is 0 Å². The van der Waals surface area contributed by atoms with E-state index in [1.165, 1.54) is 0 Å². The molecule has 0 aliphatic carbocycles. The van der Waals surface area contributed by atoms with Crippen molar-refractivity contribution in [3.05, 3.63) is 35.9 Å². The first-order valence-electron chi connectivity index (χ1n) is 6.59. The fourth-order valence-electron chi connectivity index (χ4n) is 2.10. The van der Waals surface area contributed by atoms with Crippen LogP contribution in [0.15, 0.2) is 30.3 Å². The molecule has 1 aromatic rings. The number of carboxylic acid groups (broad SMARTS) is 1. The number of ether oxygens (including phenoxy) is 1. The largest absolute Gasteiger partial charge is 0.479 e. The van der Waals surface area contributed by atoms with Crippen molar-refractivity contribution < 1.29 is 19.4 Å². The molecule has 2 rings (SSSR count). The second kappa shape index (κ2) is 6.91. The first-order valence-corrected chi connectivity index (χ1v) is 6.59. The molecule has 6 nitrogen and oxygen atoms in total. The maximum atomic E-state index is 12.1. The molecule has 108 valence electrons. The van der Waals surface area contributed by atoms with Crippen LogP contribution in [-0.4, -0.2) is 48.3 Å². The van der Waals surface area contributed by atoms with Crippen molar-refractivity contribution in [1.29, 1.82) is 0 Å². The average Bonchev–Trinajstić information content (AvgIpc) is 2.74. The molecule has 1 saturated heterocycles. The highest BCUT2D eigenvalue weighted by Crippen LogP contribution is 2.13. The van der Waals surface area contributed by atoms with Crippen LogP contribution in [0.4, 0.5) is 4.79 Å². The smallest absolute Gasteiger partial charge is 0.330 e. The number of aliphatic carboxylic acids is 1. The van der Waals surface area contributed by atoms with Crippen molar-refractivity contribution >= 4 is 12.0 Å². The predicted octanol–water partition coefficient (Wildman–Crippen LogP) is 1.24. The van der Waals surface area contributed by atoms with E-state index in [0.29, 0.717) is 31.9 Å². The minimum absolute atomic E-state index is 0.369. The summed E-state index contributed by atoms with van der Waals surface area (Å²) in [6, 6.07) is 7.26. The predicted molar refractivity (Wildman–Crippen MR) is 72.4 cm³/mol. The van der Waals surface area contributed by atoms with Gasteiger partial charge < -0.3 is 20.1 Å². The molecule has 2 amide bonds. The molecular formula is C14H18N2O4. The number of rotatable bonds is 3. The third-order valence-electron chi connectivity index (χ3n) is 3.16. The monoisotopic (exact) mass is 278 g/mol. The molecule has 6 heteroatoms. The van der Waals surface area contributed by atoms with Crippen LogP contribution in [0.1, 0.15) is 18.0 Å². The van der Waals surface area contributed by atoms with Crippen LogP contribution < -0.4 is 5.32 Å². The van der Waals surface area contributed by atoms with Gasteiger partial charge in [0.25, 0.3) is 0 Å². The lowest BCUT2D eigenvalue weighted by Gasteiger charge is -2.23. The Bertz CT molecular complexity index is 456. The summed E-state index contributed by atoms with van der Waals surface area (Å²) in [5.41, 5.74) is 0.555. The molecule has 1 aromatic carbocycles. The molecule has 0 unspecified atom stereocenters. The summed E-state index contributed by atoms with van der Waals surface area (Å²) in [6.07, 6.45) is 0.760. The number of carbonyl (C=O) groups is 2. The van der Waals surface area contributed by atoms with Crippen molar-refractivity contribution in [3.8, 4) is 0 Å². The number of hydrogen-bond donors (Lipinski definition) is 2. The second-order valence-corrected chi connectivity index (χ2v) is 4.58. The highest BCUT2D eigenvalue weighted by atomic mass is 16.5. The number of urea groups is 1. The van der Waals surface area contributed by atoms with Gasteiger partial charge in [0.15, 0.2) is 6.04 Å². The summed E-state index contributed by atoms with van der Waals surface area (Å²) >= 11 is 0. The quantitative estimate of drug-likeness (QED) is 0.872. The van der Waals surface area contributed by atoms with Crippen LogP contribution in [0.3, 0.4) is 0 Å². The Labute approximate surface area is 117 Å². The van der Waals surface area contributed by atoms with Gasteiger partial charge in [0.2, 0.25) is 0 Å². The first-order chi connectivity index (χ1) is 9.68. The van der Waals surface area contributed by atoms with Crippen LogP contribution in [0.2, 0.25) is 0 Å². The van der Waals surface area contributed by atoms with E-state index in [9.17, 15) is 14.7 Å². The van der Waals surface area contributed by atoms with Crippen LogP contribution in [0.25, 0.3) is 0 Å². The normalized spacial score (nSPS) is 17.1. The minimum Gasteiger partial charge on any atom is -0.479 e. The highest BCUT2D eigenvalue weighted by Gasteiger charge is 2.25. The average molecular weight is 278 g/mol. The fraction of sp³-hybridized carbons (Fsp3) is 0.429. The van der Waals surface area contributed by atoms with Crippen LogP contribution in [0.5, 0.6) is 0 Å². The summed E-state index contributed by atoms with van der Waals surface area (Å²) in [7, 11) is 0. The number of carbonyl (C=O) groups excluding carboxylic acids is 1. The molecule has 0 bridgehead atoms. The van der Waals surface area contributed by atoms with Gasteiger partial charge in [0.05, 0.1) is 6.61 Å². The zero-order chi connectivity index (χ0) is 14.4. The van der Waals surface area contributed by atoms with E-state index in [1.54, 1.807) is 35.2 Å². The van der Waals surface area contributed by atoms with Crippen molar-refractivity contribution in [3.63, 3.8) is 0 Å². The maximum absolute atomic E-state index is 12.1. The van der Waals surface area contributed by atoms with Crippen LogP contribution in [0, 0.1) is 0 Å². The SMILES string of the molecule is O=C(O)[C@@H](NC(=O)N1CCCOCC1)c1ccccc1. The zero-order valence-electron chi connectivity index (χ0n) is 11.1. The molecule has 1 aliphatic heterocycles. The number of benzene rings is 1. The number of nitrogens with one attached hydrogen (secondary N) is 1. The molecule has 1 fully saturated rings. The summed E-state index contributed by atoms with van der Waals surface area (Å²) in [5, 5.41) is 11.8. The van der Waals surface area contributed by atoms with Gasteiger partial charge in [-0.05, 0) is 12.0 Å². The molecule has 0 spiro atoms. The number of amides is 2. The topological polar surface area (TPSA) is 78.9 Å². The van der Waals surface area contributed by atoms with Gasteiger partial charge in [-0.25, -0.2) is 9.59 Å². The molecule has 1 heterocycles. The number of hydrogen-bond acceptors (Lipinski definition) is 3. The van der Waals surface area contributed by atoms with Crippen LogP contribution in [-0.2, 0) is 9.53 Å². The third-order valence-corrected chi connectivity index (χ3v) is 3.16. The van der Waals surface area contributed by atoms with E-state index < -0.39 is 12.0 Å². The summed E-state index contributed by atoms with van der Waals surface area (Å²) < 4.78 is 5.27. The number of carboxylic acids is 1. The van der Waals surface area contributed by atoms with Gasteiger partial charge in [-0.1, -0.05) is 30.3 Å². The molecule has 20 heavy (non-hydrogen) atoms. The summed E-state index contributed by atoms with van der Waals surface area (Å²) in [6.45, 7) is 2.17. The second-order valence-electron chi connectivity index (χ2n) is 4.58. The Kier molecular flexibility index (Phi) is 4.95. The van der Waals surface area contributed by atoms with Crippen molar-refractivity contribution in [2.75, 3.05) is 26.3 Å². The van der Waals surface area contributed by atoms with E-state index in [0.717, 1.165) is 6.42 Å². The van der Waals surface area contributed by atoms with E-state index in [4.69, 9.17) is 4.74 Å². The lowest BCUT2D eigenvalue weighted by molar-refractivity contribution is -0.139. The van der Waals surface area contributed by atoms with Gasteiger partial charge in [0.1, 0.15) is 0 Å². The van der Waals surface area contributed by atoms with E-state index in [-0.39, 0.29) is 6.03 Å². The van der Waals surface area contributed by atoms with Gasteiger partial charge in [0, 0.05) is 19.7 Å². The Balaban J connectivity index is 2.04. The fourth-order valence-corrected chi connectivity index (χ4v) is 2.10. The third kappa shape index (κ3) is 3.71. The van der Waals surface area contributed by atoms with Gasteiger partial charge in [-0.2, -0.15) is 0 Å². The Hall–Kier alpha value is -2.08. The molecule has 0 saturated carbocycles. The van der Waals surface area contributed by atoms with E-state index in [2.05, 4.69) is 5.32 Å². The molecule has 0 aromatic heterocycles. The first kappa shape index (κ1) is 14.3. The Morgan fingerprint density at radius 1 is 1.20 bits per heavy atom.